The predicted molar refractivity (Wildman–Crippen MR) is 71.5 cm³/mol. The van der Waals surface area contributed by atoms with Crippen LogP contribution < -0.4 is 5.32 Å². The molecule has 0 aromatic carbocycles. The summed E-state index contributed by atoms with van der Waals surface area (Å²) in [6.45, 7) is 2.63. The summed E-state index contributed by atoms with van der Waals surface area (Å²) in [4.78, 5) is 14.8. The highest BCUT2D eigenvalue weighted by Gasteiger charge is 2.60. The molecule has 4 aliphatic rings. The van der Waals surface area contributed by atoms with Crippen LogP contribution in [0, 0.1) is 11.8 Å². The van der Waals surface area contributed by atoms with Gasteiger partial charge >= 0.3 is 0 Å². The van der Waals surface area contributed by atoms with Crippen LogP contribution in [-0.4, -0.2) is 42.3 Å². The Morgan fingerprint density at radius 2 is 2.05 bits per heavy atom. The third-order valence-corrected chi connectivity index (χ3v) is 5.51. The molecule has 2 atom stereocenters. The van der Waals surface area contributed by atoms with Crippen LogP contribution in [0.25, 0.3) is 0 Å². The zero-order chi connectivity index (χ0) is 12.9. The number of nitrogens with zero attached hydrogens (tertiary/aromatic N) is 1. The molecule has 2 heterocycles. The molecule has 0 bridgehead atoms. The van der Waals surface area contributed by atoms with Crippen LogP contribution in [0.5, 0.6) is 0 Å². The number of hydrogen-bond acceptors (Lipinski definition) is 3. The maximum absolute atomic E-state index is 12.7. The Hall–Kier alpha value is -0.610. The molecule has 4 fully saturated rings. The maximum Gasteiger partial charge on any atom is 0.244 e. The Morgan fingerprint density at radius 3 is 2.68 bits per heavy atom. The number of hydrogen-bond donors (Lipinski definition) is 1. The van der Waals surface area contributed by atoms with E-state index in [0.717, 1.165) is 39.0 Å². The smallest absolute Gasteiger partial charge is 0.244 e. The van der Waals surface area contributed by atoms with Gasteiger partial charge in [-0.05, 0) is 38.0 Å². The van der Waals surface area contributed by atoms with Gasteiger partial charge in [0.1, 0.15) is 0 Å². The van der Waals surface area contributed by atoms with Crippen molar-refractivity contribution in [3.05, 3.63) is 0 Å². The van der Waals surface area contributed by atoms with Gasteiger partial charge in [-0.15, -0.1) is 0 Å². The van der Waals surface area contributed by atoms with E-state index in [9.17, 15) is 4.79 Å². The predicted octanol–water partition coefficient (Wildman–Crippen LogP) is 1.50. The monoisotopic (exact) mass is 264 g/mol. The molecular formula is C15H24N2O2. The zero-order valence-electron chi connectivity index (χ0n) is 11.6. The lowest BCUT2D eigenvalue weighted by atomic mass is 10.0. The molecule has 2 saturated heterocycles. The van der Waals surface area contributed by atoms with E-state index in [1.807, 2.05) is 0 Å². The molecule has 4 heteroatoms. The molecule has 4 nitrogen and oxygen atoms in total. The van der Waals surface area contributed by atoms with Gasteiger partial charge in [-0.2, -0.15) is 0 Å². The molecule has 106 valence electrons. The number of carbonyl (C=O) groups is 1. The first-order chi connectivity index (χ1) is 9.28. The van der Waals surface area contributed by atoms with Crippen LogP contribution in [-0.2, 0) is 9.53 Å². The zero-order valence-corrected chi connectivity index (χ0v) is 11.6. The summed E-state index contributed by atoms with van der Waals surface area (Å²) in [5, 5.41) is 3.69. The van der Waals surface area contributed by atoms with E-state index in [2.05, 4.69) is 10.2 Å². The molecule has 1 N–H and O–H groups in total. The molecule has 2 aliphatic carbocycles. The maximum atomic E-state index is 12.7. The highest BCUT2D eigenvalue weighted by Crippen LogP contribution is 2.45. The van der Waals surface area contributed by atoms with Gasteiger partial charge in [-0.1, -0.05) is 12.8 Å². The average Bonchev–Trinajstić information content (AvgIpc) is 2.86. The standard InChI is InChI=1S/C15H24N2O2/c18-14-15(6-7-15)16-13(12-3-1-2-4-12)17(14)9-11-5-8-19-10-11/h11-13,16H,1-10H2. The van der Waals surface area contributed by atoms with Crippen molar-refractivity contribution in [2.24, 2.45) is 11.8 Å². The Morgan fingerprint density at radius 1 is 1.26 bits per heavy atom. The van der Waals surface area contributed by atoms with E-state index in [4.69, 9.17) is 4.74 Å². The summed E-state index contributed by atoms with van der Waals surface area (Å²) in [5.74, 6) is 1.63. The third kappa shape index (κ3) is 2.00. The first kappa shape index (κ1) is 12.2. The first-order valence-electron chi connectivity index (χ1n) is 7.95. The highest BCUT2D eigenvalue weighted by atomic mass is 16.5. The molecule has 2 saturated carbocycles. The Labute approximate surface area is 114 Å². The van der Waals surface area contributed by atoms with Crippen LogP contribution in [0.2, 0.25) is 0 Å². The van der Waals surface area contributed by atoms with Crippen molar-refractivity contribution in [3.8, 4) is 0 Å². The van der Waals surface area contributed by atoms with E-state index in [0.29, 0.717) is 23.9 Å². The van der Waals surface area contributed by atoms with Crippen molar-refractivity contribution in [1.29, 1.82) is 0 Å². The van der Waals surface area contributed by atoms with Crippen LogP contribution in [0.15, 0.2) is 0 Å². The third-order valence-electron chi connectivity index (χ3n) is 5.51. The summed E-state index contributed by atoms with van der Waals surface area (Å²) < 4.78 is 5.47. The van der Waals surface area contributed by atoms with Crippen molar-refractivity contribution in [3.63, 3.8) is 0 Å². The van der Waals surface area contributed by atoms with E-state index in [1.54, 1.807) is 0 Å². The van der Waals surface area contributed by atoms with Crippen molar-refractivity contribution < 1.29 is 9.53 Å². The Balaban J connectivity index is 1.51. The number of nitrogens with one attached hydrogen (secondary N) is 1. The topological polar surface area (TPSA) is 41.6 Å². The fraction of sp³-hybridized carbons (Fsp3) is 0.933. The molecule has 0 aromatic heterocycles. The van der Waals surface area contributed by atoms with Gasteiger partial charge in [0.15, 0.2) is 0 Å². The van der Waals surface area contributed by atoms with Crippen LogP contribution in [0.4, 0.5) is 0 Å². The second-order valence-corrected chi connectivity index (χ2v) is 6.90. The molecule has 1 amide bonds. The first-order valence-corrected chi connectivity index (χ1v) is 7.95. The molecule has 19 heavy (non-hydrogen) atoms. The van der Waals surface area contributed by atoms with Crippen LogP contribution in [0.1, 0.15) is 44.9 Å². The average molecular weight is 264 g/mol. The molecule has 0 aromatic rings. The minimum Gasteiger partial charge on any atom is -0.381 e. The van der Waals surface area contributed by atoms with Crippen LogP contribution in [0.3, 0.4) is 0 Å². The molecular weight excluding hydrogens is 240 g/mol. The Kier molecular flexibility index (Phi) is 2.85. The van der Waals surface area contributed by atoms with Crippen molar-refractivity contribution in [2.45, 2.75) is 56.7 Å². The Bertz CT molecular complexity index is 368. The second kappa shape index (κ2) is 4.45. The lowest BCUT2D eigenvalue weighted by molar-refractivity contribution is -0.132. The highest BCUT2D eigenvalue weighted by molar-refractivity contribution is 5.91. The SMILES string of the molecule is O=C1N(CC2CCOC2)C(C2CCCC2)NC12CC2. The van der Waals surface area contributed by atoms with E-state index >= 15 is 0 Å². The van der Waals surface area contributed by atoms with Gasteiger partial charge in [0.2, 0.25) is 5.91 Å². The van der Waals surface area contributed by atoms with Gasteiger partial charge in [-0.25, -0.2) is 0 Å². The quantitative estimate of drug-likeness (QED) is 0.840. The van der Waals surface area contributed by atoms with Gasteiger partial charge in [-0.3, -0.25) is 10.1 Å². The largest absolute Gasteiger partial charge is 0.381 e. The van der Waals surface area contributed by atoms with Crippen molar-refractivity contribution in [1.82, 2.24) is 10.2 Å². The second-order valence-electron chi connectivity index (χ2n) is 6.90. The number of rotatable bonds is 3. The van der Waals surface area contributed by atoms with E-state index in [1.165, 1.54) is 25.7 Å². The number of ether oxygens (including phenoxy) is 1. The summed E-state index contributed by atoms with van der Waals surface area (Å²) in [5.41, 5.74) is -0.146. The lowest BCUT2D eigenvalue weighted by Gasteiger charge is -2.30. The summed E-state index contributed by atoms with van der Waals surface area (Å²) in [7, 11) is 0. The minimum absolute atomic E-state index is 0.146. The number of carbonyl (C=O) groups excluding carboxylic acids is 1. The normalized spacial score (nSPS) is 37.7. The van der Waals surface area contributed by atoms with Crippen molar-refractivity contribution in [2.75, 3.05) is 19.8 Å². The van der Waals surface area contributed by atoms with E-state index in [-0.39, 0.29) is 5.54 Å². The molecule has 2 unspecified atom stereocenters. The molecule has 4 rings (SSSR count). The van der Waals surface area contributed by atoms with Crippen LogP contribution >= 0.6 is 0 Å². The van der Waals surface area contributed by atoms with Gasteiger partial charge < -0.3 is 9.64 Å². The summed E-state index contributed by atoms with van der Waals surface area (Å²) >= 11 is 0. The van der Waals surface area contributed by atoms with Gasteiger partial charge in [0.25, 0.3) is 0 Å². The summed E-state index contributed by atoms with van der Waals surface area (Å²) in [6.07, 6.45) is 8.79. The fourth-order valence-electron chi connectivity index (χ4n) is 4.15. The van der Waals surface area contributed by atoms with Crippen molar-refractivity contribution >= 4 is 5.91 Å². The van der Waals surface area contributed by atoms with Gasteiger partial charge in [0.05, 0.1) is 18.3 Å². The van der Waals surface area contributed by atoms with Gasteiger partial charge in [0, 0.05) is 19.1 Å². The molecule has 1 spiro atoms. The van der Waals surface area contributed by atoms with E-state index < -0.39 is 0 Å². The fourth-order valence-corrected chi connectivity index (χ4v) is 4.15. The molecule has 2 aliphatic heterocycles. The minimum atomic E-state index is -0.146. The lowest BCUT2D eigenvalue weighted by Crippen LogP contribution is -2.44. The summed E-state index contributed by atoms with van der Waals surface area (Å²) in [6, 6.07) is 0. The number of amides is 1. The molecule has 0 radical (unpaired) electrons.